The van der Waals surface area contributed by atoms with Gasteiger partial charge in [-0.1, -0.05) is 54.6 Å². The van der Waals surface area contributed by atoms with Crippen LogP contribution in [0.1, 0.15) is 27.0 Å². The Morgan fingerprint density at radius 1 is 0.853 bits per heavy atom. The van der Waals surface area contributed by atoms with E-state index in [0.717, 1.165) is 33.2 Å². The molecular formula is C28H25N3O3. The zero-order chi connectivity index (χ0) is 23.9. The summed E-state index contributed by atoms with van der Waals surface area (Å²) in [5, 5.41) is 8.97. The first-order chi connectivity index (χ1) is 16.5. The fourth-order valence-electron chi connectivity index (χ4n) is 3.67. The second-order valence-electron chi connectivity index (χ2n) is 7.90. The van der Waals surface area contributed by atoms with Crippen molar-refractivity contribution in [1.82, 2.24) is 5.43 Å². The number of ether oxygens (including phenoxy) is 1. The van der Waals surface area contributed by atoms with Crippen LogP contribution in [0.2, 0.25) is 0 Å². The van der Waals surface area contributed by atoms with Crippen molar-refractivity contribution in [2.75, 3.05) is 11.9 Å². The van der Waals surface area contributed by atoms with Crippen LogP contribution in [-0.4, -0.2) is 24.6 Å². The zero-order valence-corrected chi connectivity index (χ0v) is 19.0. The van der Waals surface area contributed by atoms with Crippen LogP contribution >= 0.6 is 0 Å². The molecule has 0 fully saturated rings. The van der Waals surface area contributed by atoms with Gasteiger partial charge in [0.2, 0.25) is 0 Å². The fourth-order valence-corrected chi connectivity index (χ4v) is 3.67. The maximum atomic E-state index is 12.7. The van der Waals surface area contributed by atoms with Gasteiger partial charge in [-0.05, 0) is 71.6 Å². The molecule has 0 heterocycles. The third-order valence-electron chi connectivity index (χ3n) is 5.41. The third kappa shape index (κ3) is 5.48. The minimum absolute atomic E-state index is 0.117. The molecule has 1 amide bonds. The van der Waals surface area contributed by atoms with Crippen molar-refractivity contribution in [3.63, 3.8) is 0 Å². The number of hydrogen-bond donors (Lipinski definition) is 2. The molecule has 34 heavy (non-hydrogen) atoms. The van der Waals surface area contributed by atoms with Crippen molar-refractivity contribution in [3.8, 4) is 5.75 Å². The highest BCUT2D eigenvalue weighted by molar-refractivity contribution is 6.05. The molecule has 0 atom stereocenters. The van der Waals surface area contributed by atoms with Crippen molar-refractivity contribution in [1.29, 1.82) is 0 Å². The average Bonchev–Trinajstić information content (AvgIpc) is 2.84. The Kier molecular flexibility index (Phi) is 6.98. The normalized spacial score (nSPS) is 10.9. The van der Waals surface area contributed by atoms with Crippen LogP contribution < -0.4 is 15.5 Å². The van der Waals surface area contributed by atoms with Gasteiger partial charge < -0.3 is 10.1 Å². The number of aryl methyl sites for hydroxylation is 2. The van der Waals surface area contributed by atoms with Crippen LogP contribution in [0.25, 0.3) is 10.8 Å². The molecule has 0 aliphatic heterocycles. The van der Waals surface area contributed by atoms with Crippen LogP contribution in [0.3, 0.4) is 0 Å². The molecule has 0 unspecified atom stereocenters. The monoisotopic (exact) mass is 451 g/mol. The van der Waals surface area contributed by atoms with Crippen molar-refractivity contribution in [3.05, 3.63) is 107 Å². The summed E-state index contributed by atoms with van der Waals surface area (Å²) in [5.41, 5.74) is 6.90. The molecule has 0 bridgehead atoms. The topological polar surface area (TPSA) is 79.8 Å². The third-order valence-corrected chi connectivity index (χ3v) is 5.41. The summed E-state index contributed by atoms with van der Waals surface area (Å²) >= 11 is 0. The lowest BCUT2D eigenvalue weighted by Crippen LogP contribution is -2.26. The number of anilines is 1. The predicted octanol–water partition coefficient (Wildman–Crippen LogP) is 5.24. The summed E-state index contributed by atoms with van der Waals surface area (Å²) in [5.74, 6) is -0.238. The van der Waals surface area contributed by atoms with Crippen molar-refractivity contribution >= 4 is 34.6 Å². The molecule has 4 aromatic carbocycles. The van der Waals surface area contributed by atoms with E-state index in [-0.39, 0.29) is 12.5 Å². The minimum atomic E-state index is -0.415. The largest absolute Gasteiger partial charge is 0.423 e. The smallest absolute Gasteiger partial charge is 0.344 e. The van der Waals surface area contributed by atoms with Gasteiger partial charge in [0.1, 0.15) is 5.75 Å². The number of rotatable bonds is 7. The molecule has 0 aromatic heterocycles. The summed E-state index contributed by atoms with van der Waals surface area (Å²) < 4.78 is 5.54. The average molecular weight is 452 g/mol. The Morgan fingerprint density at radius 3 is 2.29 bits per heavy atom. The van der Waals surface area contributed by atoms with Gasteiger partial charge in [0, 0.05) is 5.69 Å². The van der Waals surface area contributed by atoms with Crippen molar-refractivity contribution in [2.24, 2.45) is 5.10 Å². The number of hydrogen-bond acceptors (Lipinski definition) is 5. The Morgan fingerprint density at radius 2 is 1.53 bits per heavy atom. The highest BCUT2D eigenvalue weighted by Gasteiger charge is 2.12. The van der Waals surface area contributed by atoms with Gasteiger partial charge in [-0.25, -0.2) is 10.2 Å². The lowest BCUT2D eigenvalue weighted by Gasteiger charge is -2.11. The highest BCUT2D eigenvalue weighted by atomic mass is 16.5. The Hall–Kier alpha value is -4.45. The van der Waals surface area contributed by atoms with E-state index in [2.05, 4.69) is 15.8 Å². The summed E-state index contributed by atoms with van der Waals surface area (Å²) in [6.45, 7) is 4.11. The number of benzene rings is 4. The van der Waals surface area contributed by atoms with Gasteiger partial charge in [0.15, 0.2) is 0 Å². The molecule has 0 spiro atoms. The summed E-state index contributed by atoms with van der Waals surface area (Å²) in [4.78, 5) is 24.8. The number of nitrogens with zero attached hydrogens (tertiary/aromatic N) is 1. The molecule has 4 rings (SSSR count). The van der Waals surface area contributed by atoms with Crippen LogP contribution in [0.4, 0.5) is 5.69 Å². The van der Waals surface area contributed by atoms with E-state index in [4.69, 9.17) is 4.74 Å². The standard InChI is InChI=1S/C28H25N3O3/c1-19-7-5-8-20(2)27(19)29-18-26(32)31-30-17-21-13-15-23(16-14-21)34-28(33)25-12-6-10-22-9-3-4-11-24(22)25/h3-17,29H,18H2,1-2H3,(H,31,32)/b30-17+. The number of esters is 1. The van der Waals surface area contributed by atoms with Gasteiger partial charge in [-0.15, -0.1) is 0 Å². The van der Waals surface area contributed by atoms with E-state index in [0.29, 0.717) is 11.3 Å². The molecule has 2 N–H and O–H groups in total. The fraction of sp³-hybridized carbons (Fsp3) is 0.107. The molecule has 0 saturated heterocycles. The first kappa shape index (κ1) is 22.7. The second-order valence-corrected chi connectivity index (χ2v) is 7.90. The van der Waals surface area contributed by atoms with Gasteiger partial charge in [0.05, 0.1) is 18.3 Å². The number of hydrazone groups is 1. The number of nitrogens with one attached hydrogen (secondary N) is 2. The molecule has 4 aromatic rings. The van der Waals surface area contributed by atoms with Crippen molar-refractivity contribution < 1.29 is 14.3 Å². The summed E-state index contributed by atoms with van der Waals surface area (Å²) in [7, 11) is 0. The molecule has 0 aliphatic carbocycles. The van der Waals surface area contributed by atoms with Crippen LogP contribution in [0.5, 0.6) is 5.75 Å². The van der Waals surface area contributed by atoms with Gasteiger partial charge in [0.25, 0.3) is 5.91 Å². The van der Waals surface area contributed by atoms with Gasteiger partial charge in [-0.2, -0.15) is 5.10 Å². The van der Waals surface area contributed by atoms with Crippen molar-refractivity contribution in [2.45, 2.75) is 13.8 Å². The molecule has 6 heteroatoms. The SMILES string of the molecule is Cc1cccc(C)c1NCC(=O)N/N=C/c1ccc(OC(=O)c2cccc3ccccc23)cc1. The quantitative estimate of drug-likeness (QED) is 0.174. The number of amides is 1. The Balaban J connectivity index is 1.31. The van der Waals surface area contributed by atoms with E-state index < -0.39 is 5.97 Å². The molecule has 0 radical (unpaired) electrons. The molecule has 170 valence electrons. The summed E-state index contributed by atoms with van der Waals surface area (Å²) in [6.07, 6.45) is 1.53. The Labute approximate surface area is 198 Å². The van der Waals surface area contributed by atoms with E-state index in [1.807, 2.05) is 68.4 Å². The van der Waals surface area contributed by atoms with E-state index in [1.54, 1.807) is 30.3 Å². The lowest BCUT2D eigenvalue weighted by molar-refractivity contribution is -0.119. The Bertz CT molecular complexity index is 1340. The molecule has 0 aliphatic rings. The number of para-hydroxylation sites is 1. The first-order valence-electron chi connectivity index (χ1n) is 10.9. The van der Waals surface area contributed by atoms with E-state index >= 15 is 0 Å². The maximum Gasteiger partial charge on any atom is 0.344 e. The number of carbonyl (C=O) groups is 2. The lowest BCUT2D eigenvalue weighted by atomic mass is 10.0. The predicted molar refractivity (Wildman–Crippen MR) is 135 cm³/mol. The molecule has 6 nitrogen and oxygen atoms in total. The molecule has 0 saturated carbocycles. The van der Waals surface area contributed by atoms with Crippen LogP contribution in [0, 0.1) is 13.8 Å². The van der Waals surface area contributed by atoms with E-state index in [9.17, 15) is 9.59 Å². The number of carbonyl (C=O) groups excluding carboxylic acids is 2. The summed E-state index contributed by atoms with van der Waals surface area (Å²) in [6, 6.07) is 26.1. The van der Waals surface area contributed by atoms with E-state index in [1.165, 1.54) is 6.21 Å². The highest BCUT2D eigenvalue weighted by Crippen LogP contribution is 2.21. The molecular weight excluding hydrogens is 426 g/mol. The van der Waals surface area contributed by atoms with Crippen LogP contribution in [0.15, 0.2) is 90.0 Å². The van der Waals surface area contributed by atoms with Gasteiger partial charge in [-0.3, -0.25) is 4.79 Å². The second kappa shape index (κ2) is 10.4. The maximum absolute atomic E-state index is 12.7. The first-order valence-corrected chi connectivity index (χ1v) is 10.9. The minimum Gasteiger partial charge on any atom is -0.423 e. The van der Waals surface area contributed by atoms with Gasteiger partial charge >= 0.3 is 5.97 Å². The van der Waals surface area contributed by atoms with Crippen LogP contribution in [-0.2, 0) is 4.79 Å². The number of fused-ring (bicyclic) bond motifs is 1. The zero-order valence-electron chi connectivity index (χ0n) is 19.0.